The van der Waals surface area contributed by atoms with E-state index in [-0.39, 0.29) is 12.5 Å². The Morgan fingerprint density at radius 1 is 1.21 bits per heavy atom. The van der Waals surface area contributed by atoms with Gasteiger partial charge < -0.3 is 19.7 Å². The molecule has 0 atom stereocenters. The minimum absolute atomic E-state index is 0.0237. The molecule has 1 fully saturated rings. The molecule has 9 nitrogen and oxygen atoms in total. The summed E-state index contributed by atoms with van der Waals surface area (Å²) in [6, 6.07) is 7.63. The highest BCUT2D eigenvalue weighted by Crippen LogP contribution is 2.28. The number of aryl methyl sites for hydroxylation is 1. The van der Waals surface area contributed by atoms with Gasteiger partial charge in [0.25, 0.3) is 5.91 Å². The summed E-state index contributed by atoms with van der Waals surface area (Å²) in [5.41, 5.74) is 1.94. The molecule has 0 bridgehead atoms. The average molecular weight is 471 g/mol. The monoisotopic (exact) mass is 470 g/mol. The van der Waals surface area contributed by atoms with Crippen molar-refractivity contribution in [3.8, 4) is 5.75 Å². The molecule has 0 aliphatic carbocycles. The van der Waals surface area contributed by atoms with Gasteiger partial charge in [-0.2, -0.15) is 5.10 Å². The number of benzene rings is 1. The Morgan fingerprint density at radius 2 is 2.00 bits per heavy atom. The summed E-state index contributed by atoms with van der Waals surface area (Å²) in [4.78, 5) is 24.0. The summed E-state index contributed by atoms with van der Waals surface area (Å²) >= 11 is 1.65. The number of fused-ring (bicyclic) bond motifs is 1. The lowest BCUT2D eigenvalue weighted by molar-refractivity contribution is -0.123. The third-order valence-corrected chi connectivity index (χ3v) is 6.29. The largest absolute Gasteiger partial charge is 0.484 e. The van der Waals surface area contributed by atoms with Gasteiger partial charge in [-0.3, -0.25) is 4.79 Å². The second kappa shape index (κ2) is 11.3. The Kier molecular flexibility index (Phi) is 8.01. The SMILES string of the molecule is CCCSc1nc(N2CCOCC2)c2cnn(CCNC(=O)COc3ccc(C)cc3)c2n1. The number of aromatic nitrogens is 4. The topological polar surface area (TPSA) is 94.4 Å². The lowest BCUT2D eigenvalue weighted by atomic mass is 10.2. The molecule has 2 aromatic heterocycles. The van der Waals surface area contributed by atoms with Gasteiger partial charge in [-0.25, -0.2) is 14.6 Å². The second-order valence-electron chi connectivity index (χ2n) is 7.83. The molecule has 1 aromatic carbocycles. The van der Waals surface area contributed by atoms with E-state index >= 15 is 0 Å². The van der Waals surface area contributed by atoms with Crippen molar-refractivity contribution in [1.82, 2.24) is 25.1 Å². The fourth-order valence-corrected chi connectivity index (χ4v) is 4.18. The minimum atomic E-state index is -0.171. The number of amides is 1. The number of nitrogens with one attached hydrogen (secondary N) is 1. The predicted octanol–water partition coefficient (Wildman–Crippen LogP) is 2.67. The van der Waals surface area contributed by atoms with Crippen molar-refractivity contribution in [1.29, 1.82) is 0 Å². The van der Waals surface area contributed by atoms with E-state index in [2.05, 4.69) is 22.2 Å². The zero-order valence-corrected chi connectivity index (χ0v) is 19.9. The van der Waals surface area contributed by atoms with Crippen molar-refractivity contribution in [3.05, 3.63) is 36.0 Å². The maximum atomic E-state index is 12.2. The number of anilines is 1. The van der Waals surface area contributed by atoms with Crippen LogP contribution in [0.4, 0.5) is 5.82 Å². The van der Waals surface area contributed by atoms with Gasteiger partial charge >= 0.3 is 0 Å². The lowest BCUT2D eigenvalue weighted by Gasteiger charge is -2.28. The smallest absolute Gasteiger partial charge is 0.258 e. The van der Waals surface area contributed by atoms with Crippen LogP contribution in [0.25, 0.3) is 11.0 Å². The van der Waals surface area contributed by atoms with E-state index in [1.165, 1.54) is 0 Å². The molecule has 4 rings (SSSR count). The van der Waals surface area contributed by atoms with Crippen LogP contribution in [-0.2, 0) is 16.1 Å². The van der Waals surface area contributed by atoms with E-state index in [1.54, 1.807) is 11.8 Å². The van der Waals surface area contributed by atoms with Gasteiger partial charge in [0.05, 0.1) is 31.3 Å². The molecule has 10 heteroatoms. The highest BCUT2D eigenvalue weighted by Gasteiger charge is 2.20. The molecule has 1 N–H and O–H groups in total. The van der Waals surface area contributed by atoms with E-state index in [0.29, 0.717) is 32.1 Å². The molecule has 3 aromatic rings. The van der Waals surface area contributed by atoms with Gasteiger partial charge in [-0.15, -0.1) is 0 Å². The second-order valence-corrected chi connectivity index (χ2v) is 8.90. The molecular formula is C23H30N6O3S. The standard InChI is InChI=1S/C23H30N6O3S/c1-3-14-33-23-26-21(28-10-12-31-13-11-28)19-15-25-29(22(19)27-23)9-8-24-20(30)16-32-18-6-4-17(2)5-7-18/h4-7,15H,3,8-14,16H2,1-2H3,(H,24,30). The molecule has 1 aliphatic heterocycles. The van der Waals surface area contributed by atoms with Crippen LogP contribution in [-0.4, -0.2) is 70.9 Å². The third-order valence-electron chi connectivity index (χ3n) is 5.24. The number of hydrogen-bond acceptors (Lipinski definition) is 8. The van der Waals surface area contributed by atoms with Crippen molar-refractivity contribution in [2.24, 2.45) is 0 Å². The summed E-state index contributed by atoms with van der Waals surface area (Å²) in [5.74, 6) is 2.37. The van der Waals surface area contributed by atoms with E-state index in [1.807, 2.05) is 42.1 Å². The minimum Gasteiger partial charge on any atom is -0.484 e. The van der Waals surface area contributed by atoms with Crippen LogP contribution in [0.1, 0.15) is 18.9 Å². The van der Waals surface area contributed by atoms with Crippen LogP contribution in [0.3, 0.4) is 0 Å². The highest BCUT2D eigenvalue weighted by molar-refractivity contribution is 7.99. The van der Waals surface area contributed by atoms with Crippen LogP contribution in [0, 0.1) is 6.92 Å². The third kappa shape index (κ3) is 6.14. The van der Waals surface area contributed by atoms with Gasteiger partial charge in [0, 0.05) is 25.4 Å². The first-order valence-corrected chi connectivity index (χ1v) is 12.3. The first-order valence-electron chi connectivity index (χ1n) is 11.3. The fraction of sp³-hybridized carbons (Fsp3) is 0.478. The summed E-state index contributed by atoms with van der Waals surface area (Å²) in [7, 11) is 0. The molecular weight excluding hydrogens is 440 g/mol. The summed E-state index contributed by atoms with van der Waals surface area (Å²) in [5, 5.41) is 9.10. The van der Waals surface area contributed by atoms with Gasteiger partial charge in [0.1, 0.15) is 11.6 Å². The van der Waals surface area contributed by atoms with Gasteiger partial charge in [0.2, 0.25) is 0 Å². The summed E-state index contributed by atoms with van der Waals surface area (Å²) < 4.78 is 12.9. The van der Waals surface area contributed by atoms with Crippen LogP contribution in [0.5, 0.6) is 5.75 Å². The molecule has 33 heavy (non-hydrogen) atoms. The van der Waals surface area contributed by atoms with Crippen LogP contribution in [0.2, 0.25) is 0 Å². The van der Waals surface area contributed by atoms with Gasteiger partial charge in [-0.05, 0) is 25.5 Å². The number of hydrogen-bond donors (Lipinski definition) is 1. The highest BCUT2D eigenvalue weighted by atomic mass is 32.2. The number of carbonyl (C=O) groups excluding carboxylic acids is 1. The molecule has 1 amide bonds. The number of ether oxygens (including phenoxy) is 2. The first-order chi connectivity index (χ1) is 16.1. The van der Waals surface area contributed by atoms with Gasteiger partial charge in [-0.1, -0.05) is 36.4 Å². The van der Waals surface area contributed by atoms with Crippen molar-refractivity contribution in [2.75, 3.05) is 50.1 Å². The molecule has 0 spiro atoms. The van der Waals surface area contributed by atoms with Crippen molar-refractivity contribution < 1.29 is 14.3 Å². The molecule has 0 radical (unpaired) electrons. The van der Waals surface area contributed by atoms with Crippen LogP contribution < -0.4 is 15.0 Å². The van der Waals surface area contributed by atoms with Crippen molar-refractivity contribution >= 4 is 34.5 Å². The zero-order valence-electron chi connectivity index (χ0n) is 19.1. The average Bonchev–Trinajstić information content (AvgIpc) is 3.25. The van der Waals surface area contributed by atoms with Gasteiger partial charge in [0.15, 0.2) is 17.4 Å². The number of morpholine rings is 1. The quantitative estimate of drug-likeness (QED) is 0.357. The van der Waals surface area contributed by atoms with Crippen LogP contribution in [0.15, 0.2) is 35.6 Å². The van der Waals surface area contributed by atoms with Crippen LogP contribution >= 0.6 is 11.8 Å². The number of carbonyl (C=O) groups is 1. The molecule has 1 aliphatic rings. The lowest BCUT2D eigenvalue weighted by Crippen LogP contribution is -2.37. The molecule has 0 unspecified atom stereocenters. The van der Waals surface area contributed by atoms with Crippen molar-refractivity contribution in [3.63, 3.8) is 0 Å². The maximum Gasteiger partial charge on any atom is 0.258 e. The molecule has 176 valence electrons. The van der Waals surface area contributed by atoms with E-state index in [9.17, 15) is 4.79 Å². The Labute approximate surface area is 197 Å². The summed E-state index contributed by atoms with van der Waals surface area (Å²) in [6.07, 6.45) is 2.87. The maximum absolute atomic E-state index is 12.2. The Morgan fingerprint density at radius 3 is 2.76 bits per heavy atom. The molecule has 1 saturated heterocycles. The molecule has 0 saturated carbocycles. The van der Waals surface area contributed by atoms with E-state index < -0.39 is 0 Å². The fourth-order valence-electron chi connectivity index (χ4n) is 3.49. The van der Waals surface area contributed by atoms with E-state index in [0.717, 1.165) is 52.8 Å². The number of thioether (sulfide) groups is 1. The first kappa shape index (κ1) is 23.3. The Bertz CT molecular complexity index is 1070. The number of rotatable bonds is 10. The van der Waals surface area contributed by atoms with E-state index in [4.69, 9.17) is 19.4 Å². The molecule has 3 heterocycles. The van der Waals surface area contributed by atoms with Crippen molar-refractivity contribution in [2.45, 2.75) is 32.0 Å². The normalized spacial score (nSPS) is 13.9. The number of nitrogens with zero attached hydrogens (tertiary/aromatic N) is 5. The Hall–Kier alpha value is -2.85. The predicted molar refractivity (Wildman–Crippen MR) is 129 cm³/mol. The summed E-state index contributed by atoms with van der Waals surface area (Å²) in [6.45, 7) is 8.04. The Balaban J connectivity index is 1.40. The zero-order chi connectivity index (χ0) is 23.0.